The van der Waals surface area contributed by atoms with E-state index >= 15 is 0 Å². The monoisotopic (exact) mass is 374 g/mol. The lowest BCUT2D eigenvalue weighted by Crippen LogP contribution is -2.36. The highest BCUT2D eigenvalue weighted by atomic mass is 79.9. The number of hydrogen-bond acceptors (Lipinski definition) is 6. The minimum absolute atomic E-state index is 0.0667. The van der Waals surface area contributed by atoms with Crippen molar-refractivity contribution in [2.75, 3.05) is 19.5 Å². The van der Waals surface area contributed by atoms with Gasteiger partial charge in [-0.1, -0.05) is 0 Å². The number of pyridine rings is 2. The Morgan fingerprint density at radius 1 is 1.52 bits per heavy atom. The van der Waals surface area contributed by atoms with Gasteiger partial charge in [0.2, 0.25) is 0 Å². The van der Waals surface area contributed by atoms with Crippen molar-refractivity contribution in [3.8, 4) is 5.75 Å². The molecule has 0 fully saturated rings. The second-order valence-corrected chi connectivity index (χ2v) is 7.20. The quantitative estimate of drug-likeness (QED) is 0.746. The largest absolute Gasteiger partial charge is 0.488 e. The van der Waals surface area contributed by atoms with Gasteiger partial charge in [-0.05, 0) is 22.0 Å². The van der Waals surface area contributed by atoms with Gasteiger partial charge in [-0.3, -0.25) is 18.5 Å². The topological polar surface area (TPSA) is 87.5 Å². The summed E-state index contributed by atoms with van der Waals surface area (Å²) < 4.78 is 35.4. The van der Waals surface area contributed by atoms with Crippen molar-refractivity contribution in [3.05, 3.63) is 33.2 Å². The van der Waals surface area contributed by atoms with Crippen molar-refractivity contribution in [3.63, 3.8) is 0 Å². The molecule has 3 heterocycles. The summed E-state index contributed by atoms with van der Waals surface area (Å²) in [6, 6.07) is 2.29. The average molecular weight is 375 g/mol. The molecule has 3 rings (SSSR count). The number of halogens is 1. The molecule has 0 saturated carbocycles. The highest BCUT2D eigenvalue weighted by Gasteiger charge is 2.29. The van der Waals surface area contributed by atoms with E-state index in [1.807, 2.05) is 0 Å². The molecule has 0 unspecified atom stereocenters. The SMILES string of the molecule is COS(=O)(=O)C[C@@H]1COc2c(Br)cnc3ccc(=O)n1c23. The van der Waals surface area contributed by atoms with Gasteiger partial charge in [0, 0.05) is 12.3 Å². The molecule has 0 saturated heterocycles. The Bertz CT molecular complexity index is 877. The van der Waals surface area contributed by atoms with Crippen molar-refractivity contribution in [2.24, 2.45) is 0 Å². The number of ether oxygens (including phenoxy) is 1. The lowest BCUT2D eigenvalue weighted by Gasteiger charge is -2.27. The van der Waals surface area contributed by atoms with E-state index in [0.717, 1.165) is 7.11 Å². The van der Waals surface area contributed by atoms with Crippen molar-refractivity contribution >= 4 is 37.1 Å². The van der Waals surface area contributed by atoms with E-state index in [2.05, 4.69) is 25.1 Å². The molecule has 7 nitrogen and oxygen atoms in total. The normalized spacial score (nSPS) is 17.7. The Morgan fingerprint density at radius 3 is 3.00 bits per heavy atom. The van der Waals surface area contributed by atoms with Crippen LogP contribution in [-0.2, 0) is 14.3 Å². The lowest BCUT2D eigenvalue weighted by molar-refractivity contribution is 0.241. The lowest BCUT2D eigenvalue weighted by atomic mass is 10.2. The minimum atomic E-state index is -3.72. The first-order chi connectivity index (χ1) is 9.93. The van der Waals surface area contributed by atoms with Crippen LogP contribution in [0.25, 0.3) is 11.0 Å². The molecule has 0 bridgehead atoms. The van der Waals surface area contributed by atoms with Crippen molar-refractivity contribution < 1.29 is 17.3 Å². The molecule has 1 aliphatic rings. The van der Waals surface area contributed by atoms with Crippen LogP contribution in [0.3, 0.4) is 0 Å². The third-order valence-corrected chi connectivity index (χ3v) is 5.16. The van der Waals surface area contributed by atoms with Gasteiger partial charge in [0.25, 0.3) is 15.7 Å². The molecule has 0 aromatic carbocycles. The molecule has 0 amide bonds. The van der Waals surface area contributed by atoms with Crippen LogP contribution in [0.4, 0.5) is 0 Å². The maximum atomic E-state index is 12.2. The third kappa shape index (κ3) is 2.45. The van der Waals surface area contributed by atoms with E-state index in [-0.39, 0.29) is 17.9 Å². The number of hydrogen-bond donors (Lipinski definition) is 0. The van der Waals surface area contributed by atoms with Crippen LogP contribution >= 0.6 is 15.9 Å². The second-order valence-electron chi connectivity index (χ2n) is 4.57. The van der Waals surface area contributed by atoms with Gasteiger partial charge < -0.3 is 4.74 Å². The van der Waals surface area contributed by atoms with Crippen molar-refractivity contribution in [2.45, 2.75) is 6.04 Å². The van der Waals surface area contributed by atoms with Crippen LogP contribution in [0.1, 0.15) is 6.04 Å². The summed E-state index contributed by atoms with van der Waals surface area (Å²) in [5.41, 5.74) is 0.745. The second kappa shape index (κ2) is 5.08. The number of aromatic nitrogens is 2. The zero-order chi connectivity index (χ0) is 15.2. The summed E-state index contributed by atoms with van der Waals surface area (Å²) in [5, 5.41) is 0. The van der Waals surface area contributed by atoms with Crippen molar-refractivity contribution in [1.29, 1.82) is 0 Å². The zero-order valence-corrected chi connectivity index (χ0v) is 13.3. The summed E-state index contributed by atoms with van der Waals surface area (Å²) in [6.07, 6.45) is 1.58. The Labute approximate surface area is 128 Å². The standard InChI is InChI=1S/C12H11BrN2O5S/c1-19-21(17,18)6-7-5-20-12-8(13)4-14-9-2-3-10(16)15(7)11(9)12/h2-4,7H,5-6H2,1H3/t7-/m0/s1. The fraction of sp³-hybridized carbons (Fsp3) is 0.333. The number of nitrogens with zero attached hydrogens (tertiary/aromatic N) is 2. The molecule has 1 aliphatic heterocycles. The van der Waals surface area contributed by atoms with E-state index in [1.54, 1.807) is 12.3 Å². The molecule has 2 aromatic rings. The Morgan fingerprint density at radius 2 is 2.29 bits per heavy atom. The first-order valence-electron chi connectivity index (χ1n) is 6.04. The Balaban J connectivity index is 2.25. The smallest absolute Gasteiger partial charge is 0.269 e. The molecular formula is C12H11BrN2O5S. The van der Waals surface area contributed by atoms with Gasteiger partial charge in [0.15, 0.2) is 5.75 Å². The molecule has 112 valence electrons. The molecule has 0 N–H and O–H groups in total. The van der Waals surface area contributed by atoms with Gasteiger partial charge >= 0.3 is 0 Å². The fourth-order valence-electron chi connectivity index (χ4n) is 2.35. The molecule has 0 radical (unpaired) electrons. The van der Waals surface area contributed by atoms with Crippen LogP contribution in [-0.4, -0.2) is 37.4 Å². The van der Waals surface area contributed by atoms with E-state index in [4.69, 9.17) is 4.74 Å². The van der Waals surface area contributed by atoms with Crippen molar-refractivity contribution in [1.82, 2.24) is 9.55 Å². The summed E-state index contributed by atoms with van der Waals surface area (Å²) in [7, 11) is -2.63. The summed E-state index contributed by atoms with van der Waals surface area (Å²) in [5.74, 6) is 0.151. The highest BCUT2D eigenvalue weighted by Crippen LogP contribution is 2.36. The first kappa shape index (κ1) is 14.5. The van der Waals surface area contributed by atoms with Crippen LogP contribution in [0.5, 0.6) is 5.75 Å². The highest BCUT2D eigenvalue weighted by molar-refractivity contribution is 9.10. The molecule has 9 heteroatoms. The third-order valence-electron chi connectivity index (χ3n) is 3.29. The maximum absolute atomic E-state index is 12.2. The Hall–Kier alpha value is -1.45. The van der Waals surface area contributed by atoms with E-state index in [0.29, 0.717) is 21.3 Å². The molecule has 1 atom stereocenters. The summed E-state index contributed by atoms with van der Waals surface area (Å²) in [6.45, 7) is 0.0667. The van der Waals surface area contributed by atoms with Crippen LogP contribution < -0.4 is 10.3 Å². The van der Waals surface area contributed by atoms with E-state index in [9.17, 15) is 13.2 Å². The van der Waals surface area contributed by atoms with Gasteiger partial charge in [0.05, 0.1) is 28.9 Å². The van der Waals surface area contributed by atoms with E-state index in [1.165, 1.54) is 10.6 Å². The zero-order valence-electron chi connectivity index (χ0n) is 10.9. The predicted octanol–water partition coefficient (Wildman–Crippen LogP) is 1.07. The van der Waals surface area contributed by atoms with Crippen LogP contribution in [0, 0.1) is 0 Å². The molecule has 0 spiro atoms. The molecule has 21 heavy (non-hydrogen) atoms. The average Bonchev–Trinajstić information content (AvgIpc) is 2.45. The Kier molecular flexibility index (Phi) is 3.50. The fourth-order valence-corrected chi connectivity index (χ4v) is 3.61. The predicted molar refractivity (Wildman–Crippen MR) is 79.0 cm³/mol. The van der Waals surface area contributed by atoms with E-state index < -0.39 is 16.2 Å². The van der Waals surface area contributed by atoms with Crippen LogP contribution in [0.2, 0.25) is 0 Å². The minimum Gasteiger partial charge on any atom is -0.488 e. The van der Waals surface area contributed by atoms with Gasteiger partial charge in [-0.25, -0.2) is 0 Å². The molecular weight excluding hydrogens is 364 g/mol. The first-order valence-corrected chi connectivity index (χ1v) is 8.41. The van der Waals surface area contributed by atoms with Gasteiger partial charge in [0.1, 0.15) is 12.1 Å². The van der Waals surface area contributed by atoms with Crippen LogP contribution in [0.15, 0.2) is 27.6 Å². The van der Waals surface area contributed by atoms with Gasteiger partial charge in [-0.15, -0.1) is 0 Å². The summed E-state index contributed by atoms with van der Waals surface area (Å²) in [4.78, 5) is 16.4. The number of rotatable bonds is 3. The molecule has 0 aliphatic carbocycles. The van der Waals surface area contributed by atoms with Gasteiger partial charge in [-0.2, -0.15) is 8.42 Å². The maximum Gasteiger partial charge on any atom is 0.269 e. The molecule has 2 aromatic heterocycles. The summed E-state index contributed by atoms with van der Waals surface area (Å²) >= 11 is 3.32.